The number of aromatic hydroxyl groups is 1. The summed E-state index contributed by atoms with van der Waals surface area (Å²) in [5.74, 6) is -0.188. The number of benzene rings is 1. The highest BCUT2D eigenvalue weighted by Gasteiger charge is 2.15. The van der Waals surface area contributed by atoms with Gasteiger partial charge in [-0.1, -0.05) is 0 Å². The van der Waals surface area contributed by atoms with Crippen molar-refractivity contribution < 1.29 is 14.2 Å². The van der Waals surface area contributed by atoms with Gasteiger partial charge in [-0.05, 0) is 38.6 Å². The lowest BCUT2D eigenvalue weighted by Gasteiger charge is -2.25. The number of phenols is 1. The zero-order valence-electron chi connectivity index (χ0n) is 10.6. The zero-order chi connectivity index (χ0) is 12.8. The van der Waals surface area contributed by atoms with E-state index in [1.165, 1.54) is 18.2 Å². The van der Waals surface area contributed by atoms with Gasteiger partial charge in [0.2, 0.25) is 0 Å². The summed E-state index contributed by atoms with van der Waals surface area (Å²) in [4.78, 5) is 2.06. The van der Waals surface area contributed by atoms with Crippen LogP contribution in [0.25, 0.3) is 0 Å². The molecule has 1 unspecified atom stereocenters. The van der Waals surface area contributed by atoms with Gasteiger partial charge in [0.25, 0.3) is 0 Å². The highest BCUT2D eigenvalue weighted by atomic mass is 19.1. The van der Waals surface area contributed by atoms with E-state index in [2.05, 4.69) is 4.90 Å². The number of hydrogen-bond donors (Lipinski definition) is 1. The van der Waals surface area contributed by atoms with E-state index in [-0.39, 0.29) is 17.6 Å². The molecule has 0 aliphatic rings. The van der Waals surface area contributed by atoms with E-state index in [0.717, 1.165) is 13.0 Å². The fourth-order valence-electron chi connectivity index (χ4n) is 1.75. The molecule has 0 aromatic heterocycles. The summed E-state index contributed by atoms with van der Waals surface area (Å²) >= 11 is 0. The Labute approximate surface area is 102 Å². The SMILES string of the molecule is COCCCN(C)C(C)c1cc(F)ccc1O. The Balaban J connectivity index is 2.67. The first-order chi connectivity index (χ1) is 8.06. The van der Waals surface area contributed by atoms with Crippen LogP contribution in [0.4, 0.5) is 4.39 Å². The van der Waals surface area contributed by atoms with Gasteiger partial charge in [0.15, 0.2) is 0 Å². The summed E-state index contributed by atoms with van der Waals surface area (Å²) < 4.78 is 18.1. The van der Waals surface area contributed by atoms with Crippen LogP contribution in [0.15, 0.2) is 18.2 Å². The van der Waals surface area contributed by atoms with E-state index in [1.54, 1.807) is 7.11 Å². The lowest BCUT2D eigenvalue weighted by Crippen LogP contribution is -2.24. The summed E-state index contributed by atoms with van der Waals surface area (Å²) in [5, 5.41) is 9.71. The first-order valence-electron chi connectivity index (χ1n) is 5.74. The topological polar surface area (TPSA) is 32.7 Å². The highest BCUT2D eigenvalue weighted by molar-refractivity contribution is 5.34. The molecule has 0 saturated heterocycles. The van der Waals surface area contributed by atoms with Crippen molar-refractivity contribution in [3.63, 3.8) is 0 Å². The largest absolute Gasteiger partial charge is 0.508 e. The number of methoxy groups -OCH3 is 1. The minimum atomic E-state index is -0.324. The molecular formula is C13H20FNO2. The maximum absolute atomic E-state index is 13.1. The molecule has 3 nitrogen and oxygen atoms in total. The van der Waals surface area contributed by atoms with Gasteiger partial charge in [-0.2, -0.15) is 0 Å². The van der Waals surface area contributed by atoms with E-state index >= 15 is 0 Å². The lowest BCUT2D eigenvalue weighted by molar-refractivity contribution is 0.168. The Morgan fingerprint density at radius 1 is 1.47 bits per heavy atom. The maximum atomic E-state index is 13.1. The van der Waals surface area contributed by atoms with Gasteiger partial charge < -0.3 is 9.84 Å². The second-order valence-electron chi connectivity index (χ2n) is 4.21. The van der Waals surface area contributed by atoms with Crippen molar-refractivity contribution in [2.24, 2.45) is 0 Å². The van der Waals surface area contributed by atoms with Gasteiger partial charge in [0, 0.05) is 31.9 Å². The minimum Gasteiger partial charge on any atom is -0.508 e. The van der Waals surface area contributed by atoms with Crippen LogP contribution in [0, 0.1) is 5.82 Å². The summed E-state index contributed by atoms with van der Waals surface area (Å²) in [6.07, 6.45) is 0.910. The second kappa shape index (κ2) is 6.57. The van der Waals surface area contributed by atoms with Gasteiger partial charge in [-0.15, -0.1) is 0 Å². The molecule has 1 atom stereocenters. The van der Waals surface area contributed by atoms with Crippen molar-refractivity contribution in [1.29, 1.82) is 0 Å². The Hall–Kier alpha value is -1.13. The van der Waals surface area contributed by atoms with E-state index in [1.807, 2.05) is 14.0 Å². The molecule has 0 heterocycles. The standard InChI is InChI=1S/C13H20FNO2/c1-10(15(2)7-4-8-17-3)12-9-11(14)5-6-13(12)16/h5-6,9-10,16H,4,7-8H2,1-3H3. The van der Waals surface area contributed by atoms with Crippen LogP contribution >= 0.6 is 0 Å². The number of ether oxygens (including phenoxy) is 1. The molecule has 0 aliphatic carbocycles. The van der Waals surface area contributed by atoms with E-state index in [9.17, 15) is 9.50 Å². The smallest absolute Gasteiger partial charge is 0.123 e. The van der Waals surface area contributed by atoms with Gasteiger partial charge in [-0.3, -0.25) is 4.90 Å². The van der Waals surface area contributed by atoms with Crippen LogP contribution in [-0.2, 0) is 4.74 Å². The van der Waals surface area contributed by atoms with Gasteiger partial charge >= 0.3 is 0 Å². The van der Waals surface area contributed by atoms with Crippen molar-refractivity contribution in [3.05, 3.63) is 29.6 Å². The fourth-order valence-corrected chi connectivity index (χ4v) is 1.75. The van der Waals surface area contributed by atoms with E-state index in [4.69, 9.17) is 4.74 Å². The Morgan fingerprint density at radius 2 is 2.18 bits per heavy atom. The van der Waals surface area contributed by atoms with Crippen LogP contribution in [0.3, 0.4) is 0 Å². The molecule has 0 saturated carbocycles. The quantitative estimate of drug-likeness (QED) is 0.777. The van der Waals surface area contributed by atoms with Crippen molar-refractivity contribution in [3.8, 4) is 5.75 Å². The van der Waals surface area contributed by atoms with Crippen molar-refractivity contribution in [2.45, 2.75) is 19.4 Å². The summed E-state index contributed by atoms with van der Waals surface area (Å²) in [5.41, 5.74) is 0.616. The molecule has 1 aromatic rings. The molecule has 0 spiro atoms. The molecule has 96 valence electrons. The van der Waals surface area contributed by atoms with Gasteiger partial charge in [-0.25, -0.2) is 4.39 Å². The van der Waals surface area contributed by atoms with Crippen LogP contribution in [0.1, 0.15) is 24.9 Å². The van der Waals surface area contributed by atoms with Gasteiger partial charge in [0.1, 0.15) is 11.6 Å². The number of phenolic OH excluding ortho intramolecular Hbond substituents is 1. The molecule has 0 amide bonds. The molecule has 0 bridgehead atoms. The molecule has 1 N–H and O–H groups in total. The Morgan fingerprint density at radius 3 is 2.82 bits per heavy atom. The molecule has 1 aromatic carbocycles. The first kappa shape index (κ1) is 13.9. The first-order valence-corrected chi connectivity index (χ1v) is 5.74. The van der Waals surface area contributed by atoms with Crippen molar-refractivity contribution in [1.82, 2.24) is 4.90 Å². The predicted molar refractivity (Wildman–Crippen MR) is 65.6 cm³/mol. The monoisotopic (exact) mass is 241 g/mol. The van der Waals surface area contributed by atoms with E-state index < -0.39 is 0 Å². The van der Waals surface area contributed by atoms with Crippen LogP contribution in [-0.4, -0.2) is 37.3 Å². The zero-order valence-corrected chi connectivity index (χ0v) is 10.6. The molecule has 0 fully saturated rings. The number of halogens is 1. The molecule has 0 aliphatic heterocycles. The minimum absolute atomic E-state index is 0.0254. The lowest BCUT2D eigenvalue weighted by atomic mass is 10.1. The molecule has 17 heavy (non-hydrogen) atoms. The van der Waals surface area contributed by atoms with Crippen LogP contribution < -0.4 is 0 Å². The third-order valence-corrected chi connectivity index (χ3v) is 2.96. The summed E-state index contributed by atoms with van der Waals surface area (Å²) in [7, 11) is 3.62. The Bertz CT molecular complexity index is 357. The number of rotatable bonds is 6. The number of hydrogen-bond acceptors (Lipinski definition) is 3. The van der Waals surface area contributed by atoms with Crippen molar-refractivity contribution >= 4 is 0 Å². The molecule has 1 rings (SSSR count). The highest BCUT2D eigenvalue weighted by Crippen LogP contribution is 2.28. The fraction of sp³-hybridized carbons (Fsp3) is 0.538. The van der Waals surface area contributed by atoms with Gasteiger partial charge in [0.05, 0.1) is 0 Å². The van der Waals surface area contributed by atoms with Crippen LogP contribution in [0.2, 0.25) is 0 Å². The summed E-state index contributed by atoms with van der Waals surface area (Å²) in [6.45, 7) is 3.48. The average molecular weight is 241 g/mol. The maximum Gasteiger partial charge on any atom is 0.123 e. The van der Waals surface area contributed by atoms with E-state index in [0.29, 0.717) is 12.2 Å². The molecular weight excluding hydrogens is 221 g/mol. The Kier molecular flexibility index (Phi) is 5.38. The normalized spacial score (nSPS) is 13.0. The molecule has 4 heteroatoms. The number of nitrogens with zero attached hydrogens (tertiary/aromatic N) is 1. The molecule has 0 radical (unpaired) electrons. The average Bonchev–Trinajstić information content (AvgIpc) is 2.31. The summed E-state index contributed by atoms with van der Waals surface area (Å²) in [6, 6.07) is 4.01. The third kappa shape index (κ3) is 3.98. The van der Waals surface area contributed by atoms with Crippen LogP contribution in [0.5, 0.6) is 5.75 Å². The predicted octanol–water partition coefficient (Wildman–Crippen LogP) is 2.56. The second-order valence-corrected chi connectivity index (χ2v) is 4.21. The van der Waals surface area contributed by atoms with Crippen molar-refractivity contribution in [2.75, 3.05) is 27.3 Å². The third-order valence-electron chi connectivity index (χ3n) is 2.96.